The quantitative estimate of drug-likeness (QED) is 0.579. The van der Waals surface area contributed by atoms with Crippen LogP contribution in [0.5, 0.6) is 5.75 Å². The molecule has 0 radical (unpaired) electrons. The molecule has 0 bridgehead atoms. The molecule has 0 aliphatic carbocycles. The van der Waals surface area contributed by atoms with Gasteiger partial charge in [0.05, 0.1) is 12.1 Å². The highest BCUT2D eigenvalue weighted by atomic mass is 16.5. The molecule has 3 aliphatic rings. The second-order valence-corrected chi connectivity index (χ2v) is 8.94. The van der Waals surface area contributed by atoms with Gasteiger partial charge in [-0.3, -0.25) is 14.4 Å². The number of ether oxygens (including phenoxy) is 1. The van der Waals surface area contributed by atoms with Gasteiger partial charge < -0.3 is 30.5 Å². The fourth-order valence-electron chi connectivity index (χ4n) is 4.91. The fraction of sp³-hybridized carbons (Fsp3) is 0.542. The largest absolute Gasteiger partial charge is 0.491 e. The molecule has 0 spiro atoms. The van der Waals surface area contributed by atoms with E-state index in [4.69, 9.17) is 4.74 Å². The van der Waals surface area contributed by atoms with E-state index >= 15 is 0 Å². The van der Waals surface area contributed by atoms with Crippen LogP contribution in [0.25, 0.3) is 0 Å². The van der Waals surface area contributed by atoms with E-state index in [-0.39, 0.29) is 29.8 Å². The normalized spacial score (nSPS) is 27.5. The van der Waals surface area contributed by atoms with Gasteiger partial charge in [-0.25, -0.2) is 0 Å². The Morgan fingerprint density at radius 3 is 2.73 bits per heavy atom. The van der Waals surface area contributed by atoms with E-state index in [2.05, 4.69) is 22.5 Å². The van der Waals surface area contributed by atoms with Crippen molar-refractivity contribution in [1.82, 2.24) is 25.8 Å². The van der Waals surface area contributed by atoms with E-state index < -0.39 is 18.1 Å². The summed E-state index contributed by atoms with van der Waals surface area (Å²) in [7, 11) is 1.70. The number of para-hydroxylation sites is 1. The highest BCUT2D eigenvalue weighted by Crippen LogP contribution is 2.33. The summed E-state index contributed by atoms with van der Waals surface area (Å²) >= 11 is 0. The molecule has 4 rings (SSSR count). The molecule has 1 aromatic carbocycles. The van der Waals surface area contributed by atoms with Crippen LogP contribution in [0, 0.1) is 0 Å². The van der Waals surface area contributed by atoms with Crippen molar-refractivity contribution in [3.63, 3.8) is 0 Å². The third-order valence-electron chi connectivity index (χ3n) is 6.94. The van der Waals surface area contributed by atoms with E-state index in [1.165, 1.54) is 0 Å². The van der Waals surface area contributed by atoms with Crippen molar-refractivity contribution >= 4 is 17.7 Å². The van der Waals surface area contributed by atoms with Crippen LogP contribution < -0.4 is 20.7 Å². The van der Waals surface area contributed by atoms with Gasteiger partial charge in [-0.15, -0.1) is 0 Å². The Morgan fingerprint density at radius 2 is 1.97 bits per heavy atom. The second-order valence-electron chi connectivity index (χ2n) is 8.94. The van der Waals surface area contributed by atoms with Gasteiger partial charge in [-0.1, -0.05) is 24.8 Å². The molecular weight excluding hydrogens is 422 g/mol. The number of carbonyl (C=O) groups excluding carboxylic acids is 3. The minimum absolute atomic E-state index is 0.0516. The number of nitrogens with one attached hydrogen (secondary N) is 3. The molecule has 5 atom stereocenters. The molecule has 0 unspecified atom stereocenters. The standard InChI is InChI=1S/C24H33N5O4/c1-4-28-12-11-16-9-10-20(23(31)27-19-14-33-21-8-6-5-7-17(19)21)29(16)24(32)18(13-28)26-22(30)15(2)25-3/h4-8,15-16,18-20,25H,1,9-14H2,2-3H3,(H,26,30)(H,27,31)/t15-,16+,18-,19+,20-/m0/s1. The lowest BCUT2D eigenvalue weighted by molar-refractivity contribution is -0.145. The maximum Gasteiger partial charge on any atom is 0.247 e. The first-order valence-electron chi connectivity index (χ1n) is 11.6. The molecule has 0 aromatic heterocycles. The van der Waals surface area contributed by atoms with Crippen LogP contribution in [0.3, 0.4) is 0 Å². The van der Waals surface area contributed by atoms with Gasteiger partial charge in [-0.2, -0.15) is 0 Å². The Kier molecular flexibility index (Phi) is 6.88. The highest BCUT2D eigenvalue weighted by molar-refractivity contribution is 5.94. The molecular formula is C24H33N5O4. The third kappa shape index (κ3) is 4.68. The minimum atomic E-state index is -0.752. The zero-order valence-corrected chi connectivity index (χ0v) is 19.3. The van der Waals surface area contributed by atoms with E-state index in [0.717, 1.165) is 24.2 Å². The maximum atomic E-state index is 13.7. The summed E-state index contributed by atoms with van der Waals surface area (Å²) in [6, 6.07) is 5.63. The number of hydrogen-bond acceptors (Lipinski definition) is 6. The smallest absolute Gasteiger partial charge is 0.247 e. The van der Waals surface area contributed by atoms with E-state index in [0.29, 0.717) is 26.1 Å². The molecule has 3 heterocycles. The number of amides is 3. The molecule has 2 saturated heterocycles. The van der Waals surface area contributed by atoms with Crippen molar-refractivity contribution in [1.29, 1.82) is 0 Å². The molecule has 33 heavy (non-hydrogen) atoms. The summed E-state index contributed by atoms with van der Waals surface area (Å²) in [6.45, 7) is 7.01. The lowest BCUT2D eigenvalue weighted by Gasteiger charge is -2.38. The number of rotatable bonds is 6. The van der Waals surface area contributed by atoms with Gasteiger partial charge in [0.2, 0.25) is 17.7 Å². The second kappa shape index (κ2) is 9.82. The number of carbonyl (C=O) groups is 3. The number of benzene rings is 1. The molecule has 0 saturated carbocycles. The average Bonchev–Trinajstić information content (AvgIpc) is 3.43. The first-order valence-corrected chi connectivity index (χ1v) is 11.6. The number of likely N-dealkylation sites (N-methyl/N-ethyl adjacent to an activating group) is 1. The van der Waals surface area contributed by atoms with Crippen molar-refractivity contribution in [3.05, 3.63) is 42.6 Å². The van der Waals surface area contributed by atoms with E-state index in [1.54, 1.807) is 25.1 Å². The summed E-state index contributed by atoms with van der Waals surface area (Å²) < 4.78 is 5.69. The van der Waals surface area contributed by atoms with Crippen LogP contribution in [0.4, 0.5) is 0 Å². The Labute approximate surface area is 194 Å². The summed E-state index contributed by atoms with van der Waals surface area (Å²) in [6.07, 6.45) is 3.81. The maximum absolute atomic E-state index is 13.7. The first-order chi connectivity index (χ1) is 15.9. The summed E-state index contributed by atoms with van der Waals surface area (Å²) in [5.41, 5.74) is 0.951. The van der Waals surface area contributed by atoms with Gasteiger partial charge in [-0.05, 0) is 45.5 Å². The van der Waals surface area contributed by atoms with Crippen molar-refractivity contribution in [2.75, 3.05) is 26.7 Å². The SMILES string of the molecule is C=CN1CC[C@H]2CC[C@@H](C(=O)N[C@@H]3COc4ccccc43)N2C(=O)[C@@H](NC(=O)[C@H](C)NC)C1. The monoisotopic (exact) mass is 455 g/mol. The van der Waals surface area contributed by atoms with Crippen LogP contribution in [0.1, 0.15) is 37.8 Å². The van der Waals surface area contributed by atoms with Gasteiger partial charge >= 0.3 is 0 Å². The molecule has 178 valence electrons. The first kappa shape index (κ1) is 23.1. The fourth-order valence-corrected chi connectivity index (χ4v) is 4.91. The topological polar surface area (TPSA) is 103 Å². The molecule has 9 heteroatoms. The van der Waals surface area contributed by atoms with Crippen LogP contribution in [-0.2, 0) is 14.4 Å². The predicted octanol–water partition coefficient (Wildman–Crippen LogP) is 0.538. The van der Waals surface area contributed by atoms with Crippen molar-refractivity contribution < 1.29 is 19.1 Å². The van der Waals surface area contributed by atoms with Crippen molar-refractivity contribution in [2.45, 2.75) is 56.4 Å². The summed E-state index contributed by atoms with van der Waals surface area (Å²) in [4.78, 5) is 43.2. The molecule has 3 N–H and O–H groups in total. The van der Waals surface area contributed by atoms with Crippen LogP contribution >= 0.6 is 0 Å². The Hall–Kier alpha value is -3.07. The summed E-state index contributed by atoms with van der Waals surface area (Å²) in [5, 5.41) is 8.86. The molecule has 3 aliphatic heterocycles. The number of nitrogens with zero attached hydrogens (tertiary/aromatic N) is 2. The highest BCUT2D eigenvalue weighted by Gasteiger charge is 2.45. The van der Waals surface area contributed by atoms with Crippen molar-refractivity contribution in [2.24, 2.45) is 0 Å². The molecule has 9 nitrogen and oxygen atoms in total. The third-order valence-corrected chi connectivity index (χ3v) is 6.94. The molecule has 1 aromatic rings. The Morgan fingerprint density at radius 1 is 1.18 bits per heavy atom. The van der Waals surface area contributed by atoms with E-state index in [9.17, 15) is 14.4 Å². The van der Waals surface area contributed by atoms with Gasteiger partial charge in [0, 0.05) is 24.7 Å². The number of hydrogen-bond donors (Lipinski definition) is 3. The van der Waals surface area contributed by atoms with Gasteiger partial charge in [0.25, 0.3) is 0 Å². The number of fused-ring (bicyclic) bond motifs is 2. The lowest BCUT2D eigenvalue weighted by atomic mass is 10.1. The minimum Gasteiger partial charge on any atom is -0.491 e. The molecule has 3 amide bonds. The van der Waals surface area contributed by atoms with Gasteiger partial charge in [0.1, 0.15) is 24.4 Å². The summed E-state index contributed by atoms with van der Waals surface area (Å²) in [5.74, 6) is 0.132. The average molecular weight is 456 g/mol. The van der Waals surface area contributed by atoms with Crippen LogP contribution in [0.2, 0.25) is 0 Å². The van der Waals surface area contributed by atoms with Crippen molar-refractivity contribution in [3.8, 4) is 5.75 Å². The predicted molar refractivity (Wildman–Crippen MR) is 123 cm³/mol. The zero-order chi connectivity index (χ0) is 23.5. The zero-order valence-electron chi connectivity index (χ0n) is 19.3. The lowest BCUT2D eigenvalue weighted by Crippen LogP contribution is -2.61. The van der Waals surface area contributed by atoms with Gasteiger partial charge in [0.15, 0.2) is 0 Å². The Balaban J connectivity index is 1.52. The van der Waals surface area contributed by atoms with Crippen LogP contribution in [0.15, 0.2) is 37.0 Å². The Bertz CT molecular complexity index is 922. The van der Waals surface area contributed by atoms with E-state index in [1.807, 2.05) is 29.2 Å². The molecule has 2 fully saturated rings. The van der Waals surface area contributed by atoms with Crippen LogP contribution in [-0.4, -0.2) is 78.4 Å².